The fourth-order valence-corrected chi connectivity index (χ4v) is 3.21. The Balaban J connectivity index is 1.48. The summed E-state index contributed by atoms with van der Waals surface area (Å²) in [5.74, 6) is 0.294. The number of nitrogens with zero attached hydrogens (tertiary/aromatic N) is 4. The molecule has 0 bridgehead atoms. The van der Waals surface area contributed by atoms with E-state index in [0.29, 0.717) is 5.69 Å². The van der Waals surface area contributed by atoms with Crippen molar-refractivity contribution in [2.75, 3.05) is 14.2 Å². The van der Waals surface area contributed by atoms with Gasteiger partial charge in [-0.3, -0.25) is 4.79 Å². The summed E-state index contributed by atoms with van der Waals surface area (Å²) in [4.78, 5) is 12.7. The summed E-state index contributed by atoms with van der Waals surface area (Å²) in [6.45, 7) is 0.113. The van der Waals surface area contributed by atoms with Gasteiger partial charge in [0, 0.05) is 6.20 Å². The van der Waals surface area contributed by atoms with E-state index in [1.807, 2.05) is 24.3 Å². The van der Waals surface area contributed by atoms with Crippen LogP contribution in [0.3, 0.4) is 0 Å². The van der Waals surface area contributed by atoms with Crippen LogP contribution in [0, 0.1) is 0 Å². The molecular weight excluding hydrogens is 451 g/mol. The van der Waals surface area contributed by atoms with Crippen LogP contribution in [0.2, 0.25) is 0 Å². The standard InChI is InChI=1S/C23H20F3N5O3/c1-33-19-8-6-17(7-9-19)30-11-10-16(28-30)13-27-22(32)21-20(34-2)14-31(29-21)18-5-3-4-15(12-18)23(24,25)26/h3-12,14H,13H2,1-2H3,(H,27,32). The fraction of sp³-hybridized carbons (Fsp3) is 0.174. The van der Waals surface area contributed by atoms with Gasteiger partial charge in [-0.15, -0.1) is 0 Å². The molecule has 0 saturated heterocycles. The van der Waals surface area contributed by atoms with Gasteiger partial charge in [-0.25, -0.2) is 9.36 Å². The van der Waals surface area contributed by atoms with E-state index >= 15 is 0 Å². The molecule has 0 fully saturated rings. The summed E-state index contributed by atoms with van der Waals surface area (Å²) in [5, 5.41) is 11.3. The molecule has 2 aromatic carbocycles. The minimum atomic E-state index is -4.50. The summed E-state index contributed by atoms with van der Waals surface area (Å²) in [7, 11) is 2.93. The monoisotopic (exact) mass is 471 g/mol. The zero-order valence-electron chi connectivity index (χ0n) is 18.2. The number of hydrogen-bond acceptors (Lipinski definition) is 5. The molecule has 2 heterocycles. The fourth-order valence-electron chi connectivity index (χ4n) is 3.21. The van der Waals surface area contributed by atoms with Gasteiger partial charge in [0.15, 0.2) is 11.4 Å². The highest BCUT2D eigenvalue weighted by atomic mass is 19.4. The van der Waals surface area contributed by atoms with Crippen molar-refractivity contribution in [3.05, 3.63) is 83.9 Å². The number of carbonyl (C=O) groups excluding carboxylic acids is 1. The molecule has 0 spiro atoms. The number of alkyl halides is 3. The number of ether oxygens (including phenoxy) is 2. The second-order valence-electron chi connectivity index (χ2n) is 7.17. The van der Waals surface area contributed by atoms with Crippen LogP contribution in [0.25, 0.3) is 11.4 Å². The SMILES string of the molecule is COc1ccc(-n2ccc(CNC(=O)c3nn(-c4cccc(C(F)(F)F)c4)cc3OC)n2)cc1. The van der Waals surface area contributed by atoms with Gasteiger partial charge in [0.05, 0.1) is 49.6 Å². The maximum Gasteiger partial charge on any atom is 0.416 e. The lowest BCUT2D eigenvalue weighted by Gasteiger charge is -2.08. The number of halogens is 3. The number of methoxy groups -OCH3 is 2. The lowest BCUT2D eigenvalue weighted by atomic mass is 10.2. The quantitative estimate of drug-likeness (QED) is 0.440. The van der Waals surface area contributed by atoms with Gasteiger partial charge in [-0.05, 0) is 48.5 Å². The highest BCUT2D eigenvalue weighted by molar-refractivity contribution is 5.94. The summed E-state index contributed by atoms with van der Waals surface area (Å²) in [6.07, 6.45) is -1.39. The van der Waals surface area contributed by atoms with Gasteiger partial charge < -0.3 is 14.8 Å². The first kappa shape index (κ1) is 22.9. The predicted octanol–water partition coefficient (Wildman–Crippen LogP) is 4.02. The van der Waals surface area contributed by atoms with Crippen molar-refractivity contribution in [1.29, 1.82) is 0 Å². The van der Waals surface area contributed by atoms with Crippen LogP contribution < -0.4 is 14.8 Å². The third kappa shape index (κ3) is 4.87. The van der Waals surface area contributed by atoms with E-state index in [2.05, 4.69) is 15.5 Å². The molecule has 8 nitrogen and oxygen atoms in total. The molecule has 0 aliphatic carbocycles. The van der Waals surface area contributed by atoms with E-state index < -0.39 is 17.6 Å². The molecule has 4 rings (SSSR count). The smallest absolute Gasteiger partial charge is 0.416 e. The first-order valence-corrected chi connectivity index (χ1v) is 10.1. The first-order chi connectivity index (χ1) is 16.3. The largest absolute Gasteiger partial charge is 0.497 e. The molecule has 1 amide bonds. The van der Waals surface area contributed by atoms with Crippen molar-refractivity contribution < 1.29 is 27.4 Å². The highest BCUT2D eigenvalue weighted by Gasteiger charge is 2.30. The van der Waals surface area contributed by atoms with Gasteiger partial charge in [0.25, 0.3) is 5.91 Å². The van der Waals surface area contributed by atoms with E-state index in [1.54, 1.807) is 24.1 Å². The Bertz CT molecular complexity index is 1300. The topological polar surface area (TPSA) is 83.2 Å². The van der Waals surface area contributed by atoms with Crippen LogP contribution >= 0.6 is 0 Å². The van der Waals surface area contributed by atoms with Crippen LogP contribution in [0.5, 0.6) is 11.5 Å². The molecular formula is C23H20F3N5O3. The average molecular weight is 471 g/mol. The number of amides is 1. The molecule has 0 unspecified atom stereocenters. The van der Waals surface area contributed by atoms with Crippen molar-refractivity contribution in [2.45, 2.75) is 12.7 Å². The van der Waals surface area contributed by atoms with E-state index in [9.17, 15) is 18.0 Å². The molecule has 0 aliphatic rings. The van der Waals surface area contributed by atoms with Gasteiger partial charge in [0.1, 0.15) is 5.75 Å². The van der Waals surface area contributed by atoms with Crippen molar-refractivity contribution in [2.24, 2.45) is 0 Å². The zero-order valence-corrected chi connectivity index (χ0v) is 18.2. The predicted molar refractivity (Wildman–Crippen MR) is 116 cm³/mol. The number of hydrogen-bond donors (Lipinski definition) is 1. The molecule has 4 aromatic rings. The van der Waals surface area contributed by atoms with E-state index in [0.717, 1.165) is 23.6 Å². The summed E-state index contributed by atoms with van der Waals surface area (Å²) in [6, 6.07) is 13.7. The molecule has 1 N–H and O–H groups in total. The molecule has 34 heavy (non-hydrogen) atoms. The van der Waals surface area contributed by atoms with Crippen LogP contribution in [0.1, 0.15) is 21.7 Å². The molecule has 0 atom stereocenters. The van der Waals surface area contributed by atoms with E-state index in [1.165, 1.54) is 30.1 Å². The van der Waals surface area contributed by atoms with Crippen molar-refractivity contribution in [1.82, 2.24) is 24.9 Å². The third-order valence-electron chi connectivity index (χ3n) is 4.97. The van der Waals surface area contributed by atoms with Crippen LogP contribution in [-0.2, 0) is 12.7 Å². The van der Waals surface area contributed by atoms with Gasteiger partial charge in [-0.1, -0.05) is 6.07 Å². The Labute approximate surface area is 192 Å². The lowest BCUT2D eigenvalue weighted by molar-refractivity contribution is -0.137. The van der Waals surface area contributed by atoms with E-state index in [4.69, 9.17) is 9.47 Å². The second kappa shape index (κ2) is 9.30. The highest BCUT2D eigenvalue weighted by Crippen LogP contribution is 2.30. The second-order valence-corrected chi connectivity index (χ2v) is 7.17. The first-order valence-electron chi connectivity index (χ1n) is 10.1. The minimum Gasteiger partial charge on any atom is -0.497 e. The van der Waals surface area contributed by atoms with Gasteiger partial charge >= 0.3 is 6.18 Å². The van der Waals surface area contributed by atoms with Crippen LogP contribution in [0.4, 0.5) is 13.2 Å². The van der Waals surface area contributed by atoms with Gasteiger partial charge in [-0.2, -0.15) is 23.4 Å². The van der Waals surface area contributed by atoms with Crippen molar-refractivity contribution in [3.8, 4) is 22.9 Å². The summed E-state index contributed by atoms with van der Waals surface area (Å²) in [5.41, 5.74) is 0.679. The van der Waals surface area contributed by atoms with Crippen LogP contribution in [0.15, 0.2) is 67.0 Å². The van der Waals surface area contributed by atoms with Crippen molar-refractivity contribution >= 4 is 5.91 Å². The summed E-state index contributed by atoms with van der Waals surface area (Å²) < 4.78 is 52.3. The number of nitrogens with one attached hydrogen (secondary N) is 1. The maximum absolute atomic E-state index is 13.0. The molecule has 176 valence electrons. The Morgan fingerprint density at radius 1 is 0.971 bits per heavy atom. The lowest BCUT2D eigenvalue weighted by Crippen LogP contribution is -2.24. The third-order valence-corrected chi connectivity index (χ3v) is 4.97. The number of rotatable bonds is 7. The molecule has 0 saturated carbocycles. The Hall–Kier alpha value is -4.28. The molecule has 0 aliphatic heterocycles. The van der Waals surface area contributed by atoms with E-state index in [-0.39, 0.29) is 23.7 Å². The molecule has 2 aromatic heterocycles. The van der Waals surface area contributed by atoms with Crippen LogP contribution in [-0.4, -0.2) is 39.7 Å². The molecule has 0 radical (unpaired) electrons. The zero-order chi connectivity index (χ0) is 24.3. The maximum atomic E-state index is 13.0. The number of aromatic nitrogens is 4. The summed E-state index contributed by atoms with van der Waals surface area (Å²) >= 11 is 0. The average Bonchev–Trinajstić information content (AvgIpc) is 3.50. The number of carbonyl (C=O) groups is 1. The van der Waals surface area contributed by atoms with Crippen molar-refractivity contribution in [3.63, 3.8) is 0 Å². The Morgan fingerprint density at radius 3 is 2.41 bits per heavy atom. The minimum absolute atomic E-state index is 0.0606. The van der Waals surface area contributed by atoms with Gasteiger partial charge in [0.2, 0.25) is 0 Å². The molecule has 11 heteroatoms. The number of benzene rings is 2. The Kier molecular flexibility index (Phi) is 6.26. The normalized spacial score (nSPS) is 11.3. The Morgan fingerprint density at radius 2 is 1.74 bits per heavy atom.